The number of hydrogen-bond acceptors (Lipinski definition) is 4. The van der Waals surface area contributed by atoms with E-state index in [1.807, 2.05) is 6.07 Å². The molecule has 1 aromatic heterocycles. The summed E-state index contributed by atoms with van der Waals surface area (Å²) < 4.78 is 39.7. The fraction of sp³-hybridized carbons (Fsp3) is 0.190. The van der Waals surface area contributed by atoms with E-state index in [1.54, 1.807) is 6.26 Å². The first kappa shape index (κ1) is 21.0. The highest BCUT2D eigenvalue weighted by atomic mass is 35.7. The molecule has 0 aliphatic carbocycles. The second-order valence-corrected chi connectivity index (χ2v) is 6.62. The van der Waals surface area contributed by atoms with Crippen molar-refractivity contribution in [3.8, 4) is 22.5 Å². The zero-order valence-corrected chi connectivity index (χ0v) is 15.9. The molecule has 6 heteroatoms. The van der Waals surface area contributed by atoms with Gasteiger partial charge in [-0.2, -0.15) is 0 Å². The smallest absolute Gasteiger partial charge is 0.222 e. The summed E-state index contributed by atoms with van der Waals surface area (Å²) in [6.45, 7) is 4.34. The fourth-order valence-corrected chi connectivity index (χ4v) is 2.57. The van der Waals surface area contributed by atoms with Crippen molar-refractivity contribution >= 4 is 0 Å². The van der Waals surface area contributed by atoms with Gasteiger partial charge < -0.3 is 0 Å². The summed E-state index contributed by atoms with van der Waals surface area (Å²) >= 11 is 0. The predicted octanol–water partition coefficient (Wildman–Crippen LogP) is 1.26. The highest BCUT2D eigenvalue weighted by molar-refractivity contribution is 5.69. The molecule has 0 amide bonds. The quantitative estimate of drug-likeness (QED) is 0.626. The molecule has 0 N–H and O–H groups in total. The van der Waals surface area contributed by atoms with E-state index in [0.717, 1.165) is 24.2 Å². The van der Waals surface area contributed by atoms with Gasteiger partial charge in [-0.05, 0) is 47.2 Å². The molecule has 27 heavy (non-hydrogen) atoms. The van der Waals surface area contributed by atoms with Crippen molar-refractivity contribution in [1.82, 2.24) is 0 Å². The van der Waals surface area contributed by atoms with E-state index in [9.17, 15) is 0 Å². The lowest BCUT2D eigenvalue weighted by Crippen LogP contribution is -2.68. The first-order valence-electron chi connectivity index (χ1n) is 8.52. The molecule has 1 heterocycles. The molecule has 3 rings (SSSR count). The summed E-state index contributed by atoms with van der Waals surface area (Å²) in [5, 5.41) is 0. The van der Waals surface area contributed by atoms with Crippen LogP contribution in [-0.4, -0.2) is 0 Å². The lowest BCUT2D eigenvalue weighted by molar-refractivity contribution is -2.00. The Morgan fingerprint density at radius 3 is 1.56 bits per heavy atom. The SMILES string of the molecule is CCc1ccc(-c2cc[o+]c(-c3ccc(CC)cc3)c2)cc1.[O-][Cl+3]([O-])([O-])[O-]. The first-order chi connectivity index (χ1) is 12.8. The molecular formula is C21H21ClO5. The van der Waals surface area contributed by atoms with Crippen LogP contribution >= 0.6 is 0 Å². The summed E-state index contributed by atoms with van der Waals surface area (Å²) in [6.07, 6.45) is 3.90. The lowest BCUT2D eigenvalue weighted by atomic mass is 10.0. The Hall–Kier alpha value is -2.28. The van der Waals surface area contributed by atoms with Gasteiger partial charge in [-0.1, -0.05) is 50.2 Å². The van der Waals surface area contributed by atoms with Crippen LogP contribution in [0, 0.1) is 10.2 Å². The third-order valence-corrected chi connectivity index (χ3v) is 4.07. The highest BCUT2D eigenvalue weighted by Gasteiger charge is 2.12. The molecule has 0 radical (unpaired) electrons. The van der Waals surface area contributed by atoms with Crippen LogP contribution in [0.3, 0.4) is 0 Å². The van der Waals surface area contributed by atoms with Gasteiger partial charge in [0, 0.05) is 6.07 Å². The maximum absolute atomic E-state index is 8.49. The molecule has 3 aromatic rings. The van der Waals surface area contributed by atoms with Crippen molar-refractivity contribution in [2.75, 3.05) is 0 Å². The van der Waals surface area contributed by atoms with E-state index in [0.29, 0.717) is 0 Å². The van der Waals surface area contributed by atoms with Crippen molar-refractivity contribution in [2.24, 2.45) is 0 Å². The minimum absolute atomic E-state index is 0.903. The fourth-order valence-electron chi connectivity index (χ4n) is 2.57. The summed E-state index contributed by atoms with van der Waals surface area (Å²) in [4.78, 5) is 0. The molecule has 0 saturated carbocycles. The molecular weight excluding hydrogens is 368 g/mol. The molecule has 142 valence electrons. The Balaban J connectivity index is 0.000000465. The molecule has 0 saturated heterocycles. The van der Waals surface area contributed by atoms with Crippen LogP contribution in [0.1, 0.15) is 25.0 Å². The van der Waals surface area contributed by atoms with Crippen molar-refractivity contribution in [1.29, 1.82) is 0 Å². The number of benzene rings is 2. The number of aryl methyl sites for hydroxylation is 2. The van der Waals surface area contributed by atoms with Crippen LogP contribution in [0.25, 0.3) is 22.5 Å². The zero-order valence-electron chi connectivity index (χ0n) is 15.2. The standard InChI is InChI=1S/C21H21O.ClHO4/c1-3-16-5-9-18(10-6-16)20-13-14-22-21(15-20)19-11-7-17(4-2)8-12-19;2-1(3,4)5/h5-15H,3-4H2,1-2H3;(H,2,3,4,5)/q+1;/p-1. The monoisotopic (exact) mass is 388 g/mol. The Bertz CT molecular complexity index is 771. The van der Waals surface area contributed by atoms with E-state index in [4.69, 9.17) is 23.1 Å². The third-order valence-electron chi connectivity index (χ3n) is 4.07. The van der Waals surface area contributed by atoms with Gasteiger partial charge in [-0.3, -0.25) is 0 Å². The zero-order chi connectivity index (χ0) is 19.9. The van der Waals surface area contributed by atoms with Crippen LogP contribution in [0.4, 0.5) is 0 Å². The van der Waals surface area contributed by atoms with Gasteiger partial charge >= 0.3 is 12.0 Å². The first-order valence-corrected chi connectivity index (χ1v) is 9.75. The topological polar surface area (TPSA) is 104 Å². The highest BCUT2D eigenvalue weighted by Crippen LogP contribution is 2.27. The van der Waals surface area contributed by atoms with E-state index < -0.39 is 10.2 Å². The van der Waals surface area contributed by atoms with Crippen LogP contribution < -0.4 is 18.6 Å². The Morgan fingerprint density at radius 1 is 0.667 bits per heavy atom. The Morgan fingerprint density at radius 2 is 1.11 bits per heavy atom. The largest absolute Gasteiger partial charge is 0.360 e. The third kappa shape index (κ3) is 7.09. The summed E-state index contributed by atoms with van der Waals surface area (Å²) in [6, 6.07) is 21.4. The van der Waals surface area contributed by atoms with E-state index in [-0.39, 0.29) is 0 Å². The van der Waals surface area contributed by atoms with Crippen molar-refractivity contribution in [2.45, 2.75) is 26.7 Å². The van der Waals surface area contributed by atoms with Gasteiger partial charge in [0.1, 0.15) is 0 Å². The van der Waals surface area contributed by atoms with Crippen LogP contribution in [0.5, 0.6) is 0 Å². The van der Waals surface area contributed by atoms with Crippen LogP contribution in [0.2, 0.25) is 0 Å². The molecule has 0 fully saturated rings. The van der Waals surface area contributed by atoms with Gasteiger partial charge in [-0.15, -0.1) is 10.2 Å². The van der Waals surface area contributed by atoms with Gasteiger partial charge in [-0.25, -0.2) is 23.1 Å². The maximum Gasteiger partial charge on any atom is 0.360 e. The van der Waals surface area contributed by atoms with Crippen molar-refractivity contribution in [3.63, 3.8) is 0 Å². The normalized spacial score (nSPS) is 10.9. The number of halogens is 1. The van der Waals surface area contributed by atoms with E-state index >= 15 is 0 Å². The molecule has 5 nitrogen and oxygen atoms in total. The molecule has 0 aliphatic heterocycles. The summed E-state index contributed by atoms with van der Waals surface area (Å²) in [7, 11) is -4.94. The minimum Gasteiger partial charge on any atom is -0.222 e. The predicted molar refractivity (Wildman–Crippen MR) is 92.7 cm³/mol. The number of hydrogen-bond donors (Lipinski definition) is 0. The molecule has 2 aromatic carbocycles. The van der Waals surface area contributed by atoms with Crippen molar-refractivity contribution < 1.29 is 33.3 Å². The summed E-state index contributed by atoms with van der Waals surface area (Å²) in [5.74, 6) is 0.903. The van der Waals surface area contributed by atoms with E-state index in [2.05, 4.69) is 68.4 Å². The van der Waals surface area contributed by atoms with Crippen molar-refractivity contribution in [3.05, 3.63) is 78.1 Å². The van der Waals surface area contributed by atoms with Crippen LogP contribution in [0.15, 0.2) is 71.3 Å². The maximum atomic E-state index is 8.49. The lowest BCUT2D eigenvalue weighted by Gasteiger charge is -2.17. The Labute approximate surface area is 160 Å². The van der Waals surface area contributed by atoms with Crippen LogP contribution in [-0.2, 0) is 12.8 Å². The number of rotatable bonds is 4. The second kappa shape index (κ2) is 9.60. The molecule has 0 atom stereocenters. The molecule has 0 unspecified atom stereocenters. The Kier molecular flexibility index (Phi) is 7.47. The average Bonchev–Trinajstić information content (AvgIpc) is 2.67. The second-order valence-electron chi connectivity index (χ2n) is 5.86. The van der Waals surface area contributed by atoms with Gasteiger partial charge in [0.2, 0.25) is 0 Å². The van der Waals surface area contributed by atoms with Gasteiger partial charge in [0.15, 0.2) is 0 Å². The summed E-state index contributed by atoms with van der Waals surface area (Å²) in [5.41, 5.74) is 6.22. The van der Waals surface area contributed by atoms with E-state index in [1.165, 1.54) is 22.3 Å². The molecule has 0 aliphatic rings. The average molecular weight is 389 g/mol. The molecule has 0 spiro atoms. The molecule has 0 bridgehead atoms. The minimum atomic E-state index is -4.94. The van der Waals surface area contributed by atoms with Gasteiger partial charge in [0.25, 0.3) is 0 Å². The van der Waals surface area contributed by atoms with Gasteiger partial charge in [0.05, 0.1) is 11.6 Å².